The van der Waals surface area contributed by atoms with Gasteiger partial charge in [-0.1, -0.05) is 157 Å². The van der Waals surface area contributed by atoms with E-state index in [4.69, 9.17) is 0 Å². The first kappa shape index (κ1) is 34.7. The minimum absolute atomic E-state index is 0.227. The summed E-state index contributed by atoms with van der Waals surface area (Å²) in [5.41, 5.74) is 16.6. The van der Waals surface area contributed by atoms with E-state index in [0.29, 0.717) is 0 Å². The average molecular weight is 770 g/mol. The van der Waals surface area contributed by atoms with Gasteiger partial charge in [0.2, 0.25) is 0 Å². The van der Waals surface area contributed by atoms with Crippen LogP contribution >= 0.6 is 0 Å². The Hall–Kier alpha value is -7.36. The number of aromatic amines is 1. The monoisotopic (exact) mass is 769 g/mol. The van der Waals surface area contributed by atoms with Crippen molar-refractivity contribution in [2.45, 2.75) is 32.2 Å². The fourth-order valence-corrected chi connectivity index (χ4v) is 10.8. The lowest BCUT2D eigenvalue weighted by Crippen LogP contribution is -2.29. The maximum Gasteiger partial charge on any atom is 0.0738 e. The molecule has 0 saturated heterocycles. The van der Waals surface area contributed by atoms with E-state index < -0.39 is 5.41 Å². The van der Waals surface area contributed by atoms with Crippen LogP contribution in [0, 0.1) is 6.92 Å². The van der Waals surface area contributed by atoms with Gasteiger partial charge in [-0.25, -0.2) is 0 Å². The van der Waals surface area contributed by atoms with Gasteiger partial charge in [0.05, 0.1) is 22.3 Å². The molecule has 11 aromatic rings. The molecule has 2 heterocycles. The van der Waals surface area contributed by atoms with Gasteiger partial charge in [0.25, 0.3) is 0 Å². The SMILES string of the molecule is Cc1ccc2c(c1)C(c1ccccc1)(c1ccccc1)c1cc(N(c3ccc4[nH]c5ccccc5c4c3)c3cccc4c5ccccc5n(C(C)C)c34)c3ccccc3c1-2. The van der Waals surface area contributed by atoms with Crippen LogP contribution in [-0.4, -0.2) is 9.55 Å². The average Bonchev–Trinajstić information content (AvgIpc) is 3.93. The van der Waals surface area contributed by atoms with Gasteiger partial charge in [-0.3, -0.25) is 0 Å². The number of H-pyrrole nitrogens is 1. The smallest absolute Gasteiger partial charge is 0.0738 e. The van der Waals surface area contributed by atoms with Crippen molar-refractivity contribution in [2.24, 2.45) is 0 Å². The molecule has 0 atom stereocenters. The van der Waals surface area contributed by atoms with E-state index in [9.17, 15) is 0 Å². The molecule has 3 heteroatoms. The number of anilines is 3. The van der Waals surface area contributed by atoms with Gasteiger partial charge in [-0.05, 0) is 102 Å². The number of para-hydroxylation sites is 3. The Bertz CT molecular complexity index is 3440. The number of rotatable bonds is 6. The molecule has 0 unspecified atom stereocenters. The molecule has 1 aliphatic carbocycles. The maximum atomic E-state index is 3.70. The third-order valence-electron chi connectivity index (χ3n) is 13.1. The Kier molecular flexibility index (Phi) is 7.55. The Balaban J connectivity index is 1.27. The summed E-state index contributed by atoms with van der Waals surface area (Å²) in [6.07, 6.45) is 0. The van der Waals surface area contributed by atoms with Crippen molar-refractivity contribution < 1.29 is 0 Å². The lowest BCUT2D eigenvalue weighted by atomic mass is 9.67. The molecular formula is C57H43N3. The van der Waals surface area contributed by atoms with Crippen LogP contribution in [0.1, 0.15) is 47.7 Å². The molecule has 12 rings (SSSR count). The van der Waals surface area contributed by atoms with Gasteiger partial charge in [0.15, 0.2) is 0 Å². The van der Waals surface area contributed by atoms with Crippen molar-refractivity contribution in [3.8, 4) is 11.1 Å². The fourth-order valence-electron chi connectivity index (χ4n) is 10.8. The summed E-state index contributed by atoms with van der Waals surface area (Å²) >= 11 is 0. The first-order chi connectivity index (χ1) is 29.5. The summed E-state index contributed by atoms with van der Waals surface area (Å²) in [5, 5.41) is 7.42. The zero-order valence-corrected chi connectivity index (χ0v) is 33.9. The Morgan fingerprint density at radius 1 is 0.483 bits per heavy atom. The van der Waals surface area contributed by atoms with E-state index in [2.05, 4.69) is 229 Å². The van der Waals surface area contributed by atoms with Crippen LogP contribution in [0.4, 0.5) is 17.1 Å². The molecule has 0 bridgehead atoms. The first-order valence-electron chi connectivity index (χ1n) is 21.1. The number of nitrogens with zero attached hydrogens (tertiary/aromatic N) is 2. The van der Waals surface area contributed by atoms with Crippen LogP contribution in [0.5, 0.6) is 0 Å². The van der Waals surface area contributed by atoms with Gasteiger partial charge in [0.1, 0.15) is 0 Å². The molecule has 1 N–H and O–H groups in total. The van der Waals surface area contributed by atoms with Crippen molar-refractivity contribution in [1.29, 1.82) is 0 Å². The van der Waals surface area contributed by atoms with E-state index in [1.807, 2.05) is 0 Å². The van der Waals surface area contributed by atoms with Crippen LogP contribution in [0.3, 0.4) is 0 Å². The van der Waals surface area contributed by atoms with Crippen LogP contribution in [0.15, 0.2) is 194 Å². The maximum absolute atomic E-state index is 3.70. The molecule has 2 aromatic heterocycles. The van der Waals surface area contributed by atoms with Gasteiger partial charge in [0, 0.05) is 55.2 Å². The summed E-state index contributed by atoms with van der Waals surface area (Å²) in [6.45, 7) is 6.84. The third kappa shape index (κ3) is 4.78. The first-order valence-corrected chi connectivity index (χ1v) is 21.1. The largest absolute Gasteiger partial charge is 0.355 e. The van der Waals surface area contributed by atoms with Gasteiger partial charge in [-0.15, -0.1) is 0 Å². The van der Waals surface area contributed by atoms with Crippen LogP contribution in [0.25, 0.3) is 65.5 Å². The second-order valence-electron chi connectivity index (χ2n) is 16.8. The fraction of sp³-hybridized carbons (Fsp3) is 0.0877. The van der Waals surface area contributed by atoms with Gasteiger partial charge in [-0.2, -0.15) is 0 Å². The second-order valence-corrected chi connectivity index (χ2v) is 16.8. The third-order valence-corrected chi connectivity index (χ3v) is 13.1. The predicted octanol–water partition coefficient (Wildman–Crippen LogP) is 15.3. The normalized spacial score (nSPS) is 13.2. The summed E-state index contributed by atoms with van der Waals surface area (Å²) in [5.74, 6) is 0. The molecule has 1 aliphatic rings. The van der Waals surface area contributed by atoms with Crippen molar-refractivity contribution in [3.63, 3.8) is 0 Å². The molecule has 0 amide bonds. The summed E-state index contributed by atoms with van der Waals surface area (Å²) in [7, 11) is 0. The molecule has 0 spiro atoms. The van der Waals surface area contributed by atoms with Crippen molar-refractivity contribution >= 4 is 71.4 Å². The second kappa shape index (κ2) is 13.1. The summed E-state index contributed by atoms with van der Waals surface area (Å²) in [6, 6.07) is 72.8. The molecular weight excluding hydrogens is 727 g/mol. The van der Waals surface area contributed by atoms with Crippen LogP contribution in [-0.2, 0) is 5.41 Å². The number of hydrogen-bond donors (Lipinski definition) is 1. The van der Waals surface area contributed by atoms with E-state index in [-0.39, 0.29) is 6.04 Å². The topological polar surface area (TPSA) is 24.0 Å². The Morgan fingerprint density at radius 2 is 1.12 bits per heavy atom. The highest BCUT2D eigenvalue weighted by Crippen LogP contribution is 2.60. The zero-order valence-electron chi connectivity index (χ0n) is 33.9. The molecule has 286 valence electrons. The summed E-state index contributed by atoms with van der Waals surface area (Å²) in [4.78, 5) is 6.27. The van der Waals surface area contributed by atoms with E-state index >= 15 is 0 Å². The van der Waals surface area contributed by atoms with Crippen molar-refractivity contribution in [2.75, 3.05) is 4.90 Å². The molecule has 9 aromatic carbocycles. The van der Waals surface area contributed by atoms with E-state index in [1.165, 1.54) is 82.3 Å². The number of nitrogens with one attached hydrogen (secondary N) is 1. The van der Waals surface area contributed by atoms with E-state index in [1.54, 1.807) is 0 Å². The minimum Gasteiger partial charge on any atom is -0.355 e. The number of benzene rings is 9. The van der Waals surface area contributed by atoms with Crippen molar-refractivity contribution in [1.82, 2.24) is 9.55 Å². The van der Waals surface area contributed by atoms with Gasteiger partial charge >= 0.3 is 0 Å². The Morgan fingerprint density at radius 3 is 1.87 bits per heavy atom. The molecule has 0 saturated carbocycles. The molecule has 60 heavy (non-hydrogen) atoms. The lowest BCUT2D eigenvalue weighted by molar-refractivity contribution is 0.642. The van der Waals surface area contributed by atoms with Crippen LogP contribution < -0.4 is 4.90 Å². The summed E-state index contributed by atoms with van der Waals surface area (Å²) < 4.78 is 2.55. The Labute approximate surface area is 349 Å². The predicted molar refractivity (Wildman–Crippen MR) is 253 cm³/mol. The molecule has 3 nitrogen and oxygen atoms in total. The molecule has 0 fully saturated rings. The lowest BCUT2D eigenvalue weighted by Gasteiger charge is -2.35. The zero-order chi connectivity index (χ0) is 40.1. The highest BCUT2D eigenvalue weighted by molar-refractivity contribution is 6.17. The number of aryl methyl sites for hydroxylation is 1. The van der Waals surface area contributed by atoms with E-state index in [0.717, 1.165) is 28.1 Å². The standard InChI is InChI=1S/C57H43N3/c1-36(2)59-52-27-15-13-23-43(52)45-25-16-28-53(56(45)59)60(40-30-32-51-47(34-40)41-21-12-14-26-50(41)58-51)54-35-49-55(44-24-11-10-22-42(44)54)46-31-29-37(3)33-48(46)57(49,38-17-6-4-7-18-38)39-19-8-5-9-20-39/h4-36,58H,1-3H3. The quantitative estimate of drug-likeness (QED) is 0.179. The van der Waals surface area contributed by atoms with Crippen LogP contribution in [0.2, 0.25) is 0 Å². The van der Waals surface area contributed by atoms with Gasteiger partial charge < -0.3 is 14.5 Å². The van der Waals surface area contributed by atoms with Crippen molar-refractivity contribution in [3.05, 3.63) is 222 Å². The number of aromatic nitrogens is 2. The number of fused-ring (bicyclic) bond motifs is 11. The highest BCUT2D eigenvalue weighted by atomic mass is 15.2. The number of hydrogen-bond acceptors (Lipinski definition) is 1. The minimum atomic E-state index is -0.566. The molecule has 0 radical (unpaired) electrons. The highest BCUT2D eigenvalue weighted by Gasteiger charge is 2.47. The molecule has 0 aliphatic heterocycles.